The third-order valence-corrected chi connectivity index (χ3v) is 5.42. The lowest BCUT2D eigenvalue weighted by atomic mass is 10.0. The smallest absolute Gasteiger partial charge is 0.251 e. The number of amides is 2. The number of sulfone groups is 1. The highest BCUT2D eigenvalue weighted by Crippen LogP contribution is 2.17. The molecule has 2 N–H and O–H groups in total. The average Bonchev–Trinajstić information content (AvgIpc) is 2.52. The number of hydrogen-bond acceptors (Lipinski definition) is 4. The summed E-state index contributed by atoms with van der Waals surface area (Å²) >= 11 is 0. The fourth-order valence-electron chi connectivity index (χ4n) is 2.32. The largest absolute Gasteiger partial charge is 0.354 e. The number of carbonyl (C=O) groups excluding carboxylic acids is 2. The molecule has 0 bridgehead atoms. The molecule has 0 radical (unpaired) electrons. The molecule has 1 aliphatic rings. The molecule has 1 heterocycles. The first kappa shape index (κ1) is 16.5. The zero-order chi connectivity index (χ0) is 16.0. The number of hydrogen-bond donors (Lipinski definition) is 2. The summed E-state index contributed by atoms with van der Waals surface area (Å²) < 4.78 is 22.6. The van der Waals surface area contributed by atoms with Crippen LogP contribution < -0.4 is 10.6 Å². The lowest BCUT2D eigenvalue weighted by Gasteiger charge is -2.22. The van der Waals surface area contributed by atoms with Gasteiger partial charge in [0.1, 0.15) is 9.84 Å². The quantitative estimate of drug-likeness (QED) is 0.818. The van der Waals surface area contributed by atoms with Crippen molar-refractivity contribution in [2.24, 2.45) is 5.92 Å². The Hall–Kier alpha value is -1.89. The van der Waals surface area contributed by atoms with Crippen molar-refractivity contribution in [3.63, 3.8) is 0 Å². The van der Waals surface area contributed by atoms with Crippen molar-refractivity contribution in [2.45, 2.75) is 12.8 Å². The van der Waals surface area contributed by atoms with Gasteiger partial charge in [-0.2, -0.15) is 0 Å². The summed E-state index contributed by atoms with van der Waals surface area (Å²) in [5.74, 6) is 0.0193. The maximum atomic E-state index is 11.8. The van der Waals surface area contributed by atoms with Crippen LogP contribution in [-0.4, -0.2) is 44.8 Å². The zero-order valence-electron chi connectivity index (χ0n) is 12.2. The summed E-state index contributed by atoms with van der Waals surface area (Å²) in [5.41, 5.74) is 0.507. The molecule has 7 heteroatoms. The Balaban J connectivity index is 1.67. The van der Waals surface area contributed by atoms with Crippen LogP contribution in [0.3, 0.4) is 0 Å². The molecule has 2 amide bonds. The first-order valence-corrected chi connectivity index (χ1v) is 9.09. The van der Waals surface area contributed by atoms with E-state index in [-0.39, 0.29) is 35.8 Å². The molecule has 1 aromatic carbocycles. The molecule has 1 fully saturated rings. The summed E-state index contributed by atoms with van der Waals surface area (Å²) in [4.78, 5) is 23.5. The van der Waals surface area contributed by atoms with Gasteiger partial charge in [-0.25, -0.2) is 8.42 Å². The lowest BCUT2D eigenvalue weighted by molar-refractivity contribution is -0.120. The van der Waals surface area contributed by atoms with Gasteiger partial charge >= 0.3 is 0 Å². The Morgan fingerprint density at radius 3 is 2.32 bits per heavy atom. The van der Waals surface area contributed by atoms with E-state index in [1.165, 1.54) is 0 Å². The molecule has 0 unspecified atom stereocenters. The molecule has 120 valence electrons. The lowest BCUT2D eigenvalue weighted by Crippen LogP contribution is -2.40. The molecule has 0 aromatic heterocycles. The van der Waals surface area contributed by atoms with E-state index in [1.54, 1.807) is 24.3 Å². The van der Waals surface area contributed by atoms with E-state index in [4.69, 9.17) is 0 Å². The highest BCUT2D eigenvalue weighted by Gasteiger charge is 2.23. The fourth-order valence-corrected chi connectivity index (χ4v) is 3.90. The Labute approximate surface area is 130 Å². The van der Waals surface area contributed by atoms with Gasteiger partial charge in [0.25, 0.3) is 5.91 Å². The van der Waals surface area contributed by atoms with Crippen LogP contribution in [-0.2, 0) is 14.6 Å². The molecule has 0 saturated carbocycles. The van der Waals surface area contributed by atoms with E-state index < -0.39 is 9.84 Å². The van der Waals surface area contributed by atoms with Gasteiger partial charge in [-0.05, 0) is 30.9 Å². The van der Waals surface area contributed by atoms with Crippen LogP contribution in [0.25, 0.3) is 0 Å². The minimum Gasteiger partial charge on any atom is -0.354 e. The summed E-state index contributed by atoms with van der Waals surface area (Å²) in [6.07, 6.45) is 1.16. The van der Waals surface area contributed by atoms with Crippen molar-refractivity contribution >= 4 is 21.7 Å². The first-order chi connectivity index (χ1) is 10.5. The van der Waals surface area contributed by atoms with Gasteiger partial charge < -0.3 is 10.6 Å². The number of rotatable bonds is 5. The molecular formula is C15H20N2O4S. The molecule has 1 saturated heterocycles. The Kier molecular flexibility index (Phi) is 5.54. The standard InChI is InChI=1S/C15H20N2O4S/c18-14(11-17-15(19)13-4-2-1-3-5-13)16-10-12-6-8-22(20,21)9-7-12/h1-5,12H,6-11H2,(H,16,18)(H,17,19). The summed E-state index contributed by atoms with van der Waals surface area (Å²) in [6.45, 7) is 0.369. The second-order valence-corrected chi connectivity index (χ2v) is 7.75. The minimum atomic E-state index is -2.88. The van der Waals surface area contributed by atoms with E-state index in [2.05, 4.69) is 10.6 Å². The molecule has 1 aliphatic heterocycles. The predicted octanol–water partition coefficient (Wildman–Crippen LogP) is 0.357. The second-order valence-electron chi connectivity index (χ2n) is 5.45. The van der Waals surface area contributed by atoms with Crippen molar-refractivity contribution in [3.05, 3.63) is 35.9 Å². The maximum Gasteiger partial charge on any atom is 0.251 e. The third-order valence-electron chi connectivity index (χ3n) is 3.71. The van der Waals surface area contributed by atoms with E-state index >= 15 is 0 Å². The number of nitrogens with one attached hydrogen (secondary N) is 2. The number of carbonyl (C=O) groups is 2. The van der Waals surface area contributed by atoms with Gasteiger partial charge in [-0.15, -0.1) is 0 Å². The van der Waals surface area contributed by atoms with Crippen molar-refractivity contribution in [1.29, 1.82) is 0 Å². The highest BCUT2D eigenvalue weighted by atomic mass is 32.2. The highest BCUT2D eigenvalue weighted by molar-refractivity contribution is 7.91. The van der Waals surface area contributed by atoms with E-state index in [1.807, 2.05) is 6.07 Å². The zero-order valence-corrected chi connectivity index (χ0v) is 13.1. The SMILES string of the molecule is O=C(CNC(=O)c1ccccc1)NCC1CCS(=O)(=O)CC1. The molecule has 0 aliphatic carbocycles. The summed E-state index contributed by atoms with van der Waals surface area (Å²) in [7, 11) is -2.88. The fraction of sp³-hybridized carbons (Fsp3) is 0.467. The third kappa shape index (κ3) is 5.14. The molecule has 22 heavy (non-hydrogen) atoms. The first-order valence-electron chi connectivity index (χ1n) is 7.27. The predicted molar refractivity (Wildman–Crippen MR) is 83.2 cm³/mol. The second kappa shape index (κ2) is 7.40. The van der Waals surface area contributed by atoms with Crippen LogP contribution >= 0.6 is 0 Å². The minimum absolute atomic E-state index is 0.0846. The Morgan fingerprint density at radius 1 is 1.05 bits per heavy atom. The number of benzene rings is 1. The molecule has 0 atom stereocenters. The van der Waals surface area contributed by atoms with Crippen LogP contribution in [0.1, 0.15) is 23.2 Å². The van der Waals surface area contributed by atoms with Gasteiger partial charge in [-0.3, -0.25) is 9.59 Å². The van der Waals surface area contributed by atoms with Crippen molar-refractivity contribution in [2.75, 3.05) is 24.6 Å². The van der Waals surface area contributed by atoms with Crippen molar-refractivity contribution in [3.8, 4) is 0 Å². The van der Waals surface area contributed by atoms with Crippen LogP contribution in [0.4, 0.5) is 0 Å². The molecule has 2 rings (SSSR count). The topological polar surface area (TPSA) is 92.3 Å². The molecular weight excluding hydrogens is 304 g/mol. The van der Waals surface area contributed by atoms with Gasteiger partial charge in [0.2, 0.25) is 5.91 Å². The van der Waals surface area contributed by atoms with E-state index in [0.29, 0.717) is 24.9 Å². The van der Waals surface area contributed by atoms with Gasteiger partial charge in [0, 0.05) is 12.1 Å². The van der Waals surface area contributed by atoms with E-state index in [9.17, 15) is 18.0 Å². The van der Waals surface area contributed by atoms with Crippen molar-refractivity contribution in [1.82, 2.24) is 10.6 Å². The monoisotopic (exact) mass is 324 g/mol. The maximum absolute atomic E-state index is 11.8. The molecule has 6 nitrogen and oxygen atoms in total. The van der Waals surface area contributed by atoms with Gasteiger partial charge in [0.05, 0.1) is 18.1 Å². The van der Waals surface area contributed by atoms with Gasteiger partial charge in [-0.1, -0.05) is 18.2 Å². The van der Waals surface area contributed by atoms with Crippen LogP contribution in [0.2, 0.25) is 0 Å². The van der Waals surface area contributed by atoms with Gasteiger partial charge in [0.15, 0.2) is 0 Å². The van der Waals surface area contributed by atoms with E-state index in [0.717, 1.165) is 0 Å². The molecule has 1 aromatic rings. The Morgan fingerprint density at radius 2 is 1.68 bits per heavy atom. The normalized spacial score (nSPS) is 17.6. The molecule has 0 spiro atoms. The van der Waals surface area contributed by atoms with Crippen LogP contribution in [0, 0.1) is 5.92 Å². The summed E-state index contributed by atoms with van der Waals surface area (Å²) in [6, 6.07) is 8.68. The Bertz CT molecular complexity index is 614. The average molecular weight is 324 g/mol. The van der Waals surface area contributed by atoms with Crippen LogP contribution in [0.15, 0.2) is 30.3 Å². The summed E-state index contributed by atoms with van der Waals surface area (Å²) in [5, 5.41) is 5.29. The van der Waals surface area contributed by atoms with Crippen molar-refractivity contribution < 1.29 is 18.0 Å². The van der Waals surface area contributed by atoms with Crippen LogP contribution in [0.5, 0.6) is 0 Å².